The molecule has 0 atom stereocenters. The van der Waals surface area contributed by atoms with E-state index in [0.717, 1.165) is 11.3 Å². The zero-order chi connectivity index (χ0) is 19.2. The zero-order valence-corrected chi connectivity index (χ0v) is 15.4. The molecule has 8 heteroatoms. The summed E-state index contributed by atoms with van der Waals surface area (Å²) in [5.74, 6) is 0.659. The molecule has 0 radical (unpaired) electrons. The molecule has 1 aliphatic heterocycles. The van der Waals surface area contributed by atoms with Gasteiger partial charge in [0.1, 0.15) is 5.69 Å². The number of nitrogens with zero attached hydrogens (tertiary/aromatic N) is 6. The fraction of sp³-hybridized carbons (Fsp3) is 0.250. The third kappa shape index (κ3) is 4.22. The van der Waals surface area contributed by atoms with Crippen LogP contribution >= 0.6 is 0 Å². The van der Waals surface area contributed by atoms with Crippen LogP contribution in [0.2, 0.25) is 0 Å². The molecule has 28 heavy (non-hydrogen) atoms. The molecule has 0 unspecified atom stereocenters. The van der Waals surface area contributed by atoms with Crippen molar-refractivity contribution in [3.63, 3.8) is 0 Å². The lowest BCUT2D eigenvalue weighted by Gasteiger charge is -2.34. The third-order valence-electron chi connectivity index (χ3n) is 4.63. The zero-order valence-electron chi connectivity index (χ0n) is 15.4. The van der Waals surface area contributed by atoms with Crippen LogP contribution in [0.4, 0.5) is 11.6 Å². The number of piperazine rings is 1. The first-order chi connectivity index (χ1) is 13.8. The summed E-state index contributed by atoms with van der Waals surface area (Å²) >= 11 is 0. The van der Waals surface area contributed by atoms with Crippen molar-refractivity contribution in [2.45, 2.75) is 6.54 Å². The number of hydrogen-bond donors (Lipinski definition) is 1. The van der Waals surface area contributed by atoms with E-state index in [1.54, 1.807) is 43.1 Å². The van der Waals surface area contributed by atoms with Crippen molar-refractivity contribution in [2.75, 3.05) is 36.4 Å². The molecule has 0 saturated carbocycles. The SMILES string of the molecule is O=C(c1ccc(NCc2ccncc2)cn1)N1CCN(c2ncccn2)CC1. The summed E-state index contributed by atoms with van der Waals surface area (Å²) in [5.41, 5.74) is 2.47. The maximum absolute atomic E-state index is 12.7. The smallest absolute Gasteiger partial charge is 0.272 e. The van der Waals surface area contributed by atoms with Gasteiger partial charge in [0.15, 0.2) is 0 Å². The van der Waals surface area contributed by atoms with Gasteiger partial charge in [-0.3, -0.25) is 9.78 Å². The Balaban J connectivity index is 1.31. The van der Waals surface area contributed by atoms with Gasteiger partial charge >= 0.3 is 0 Å². The highest BCUT2D eigenvalue weighted by molar-refractivity contribution is 5.92. The lowest BCUT2D eigenvalue weighted by molar-refractivity contribution is 0.0740. The number of carbonyl (C=O) groups is 1. The second-order valence-corrected chi connectivity index (χ2v) is 6.47. The Morgan fingerprint density at radius 1 is 0.929 bits per heavy atom. The van der Waals surface area contributed by atoms with Crippen molar-refractivity contribution in [3.05, 3.63) is 72.6 Å². The molecule has 0 spiro atoms. The highest BCUT2D eigenvalue weighted by Crippen LogP contribution is 2.13. The predicted molar refractivity (Wildman–Crippen MR) is 106 cm³/mol. The average molecular weight is 375 g/mol. The van der Waals surface area contributed by atoms with Crippen LogP contribution in [0.25, 0.3) is 0 Å². The summed E-state index contributed by atoms with van der Waals surface area (Å²) in [5, 5.41) is 3.29. The maximum atomic E-state index is 12.7. The maximum Gasteiger partial charge on any atom is 0.272 e. The first kappa shape index (κ1) is 17.8. The molecule has 3 aromatic rings. The Kier molecular flexibility index (Phi) is 5.37. The van der Waals surface area contributed by atoms with Gasteiger partial charge in [-0.2, -0.15) is 0 Å². The lowest BCUT2D eigenvalue weighted by atomic mass is 10.2. The summed E-state index contributed by atoms with van der Waals surface area (Å²) in [6.45, 7) is 3.35. The number of aromatic nitrogens is 4. The molecule has 142 valence electrons. The van der Waals surface area contributed by atoms with Crippen molar-refractivity contribution < 1.29 is 4.79 Å². The number of carbonyl (C=O) groups excluding carboxylic acids is 1. The van der Waals surface area contributed by atoms with Crippen LogP contribution in [0.3, 0.4) is 0 Å². The van der Waals surface area contributed by atoms with E-state index in [4.69, 9.17) is 0 Å². The van der Waals surface area contributed by atoms with Crippen LogP contribution in [0.15, 0.2) is 61.3 Å². The number of rotatable bonds is 5. The van der Waals surface area contributed by atoms with E-state index in [1.165, 1.54) is 0 Å². The van der Waals surface area contributed by atoms with E-state index in [9.17, 15) is 4.79 Å². The normalized spacial score (nSPS) is 14.0. The molecule has 4 rings (SSSR count). The Morgan fingerprint density at radius 2 is 1.68 bits per heavy atom. The Morgan fingerprint density at radius 3 is 2.36 bits per heavy atom. The van der Waals surface area contributed by atoms with Crippen molar-refractivity contribution >= 4 is 17.5 Å². The molecule has 1 aliphatic rings. The molecule has 3 aromatic heterocycles. The lowest BCUT2D eigenvalue weighted by Crippen LogP contribution is -2.49. The molecule has 1 N–H and O–H groups in total. The van der Waals surface area contributed by atoms with Crippen LogP contribution in [0.1, 0.15) is 16.1 Å². The molecular formula is C20H21N7O. The molecule has 4 heterocycles. The quantitative estimate of drug-likeness (QED) is 0.728. The minimum Gasteiger partial charge on any atom is -0.380 e. The van der Waals surface area contributed by atoms with Gasteiger partial charge in [-0.1, -0.05) is 0 Å². The van der Waals surface area contributed by atoms with E-state index in [1.807, 2.05) is 23.1 Å². The van der Waals surface area contributed by atoms with Crippen LogP contribution < -0.4 is 10.2 Å². The van der Waals surface area contributed by atoms with Crippen molar-refractivity contribution in [2.24, 2.45) is 0 Å². The molecule has 0 aliphatic carbocycles. The van der Waals surface area contributed by atoms with Gasteiger partial charge in [0.05, 0.1) is 11.9 Å². The number of amides is 1. The summed E-state index contributed by atoms with van der Waals surface area (Å²) < 4.78 is 0. The van der Waals surface area contributed by atoms with E-state index < -0.39 is 0 Å². The second-order valence-electron chi connectivity index (χ2n) is 6.47. The number of nitrogens with one attached hydrogen (secondary N) is 1. The topological polar surface area (TPSA) is 87.1 Å². The molecule has 1 amide bonds. The van der Waals surface area contributed by atoms with Gasteiger partial charge in [-0.05, 0) is 35.9 Å². The third-order valence-corrected chi connectivity index (χ3v) is 4.63. The van der Waals surface area contributed by atoms with Crippen LogP contribution in [-0.4, -0.2) is 56.9 Å². The van der Waals surface area contributed by atoms with Crippen LogP contribution in [0.5, 0.6) is 0 Å². The summed E-state index contributed by atoms with van der Waals surface area (Å²) in [7, 11) is 0. The molecule has 1 saturated heterocycles. The molecular weight excluding hydrogens is 354 g/mol. The van der Waals surface area contributed by atoms with Crippen LogP contribution in [-0.2, 0) is 6.54 Å². The standard InChI is InChI=1S/C20H21N7O/c28-19(26-10-12-27(13-11-26)20-22-6-1-7-23-20)18-3-2-17(15-25-18)24-14-16-4-8-21-9-5-16/h1-9,15,24H,10-14H2. The molecule has 8 nitrogen and oxygen atoms in total. The highest BCUT2D eigenvalue weighted by Gasteiger charge is 2.24. The average Bonchev–Trinajstić information content (AvgIpc) is 2.79. The van der Waals surface area contributed by atoms with Gasteiger partial charge in [0, 0.05) is 57.5 Å². The van der Waals surface area contributed by atoms with Crippen LogP contribution in [0, 0.1) is 0 Å². The summed E-state index contributed by atoms with van der Waals surface area (Å²) in [4.78, 5) is 33.5. The second kappa shape index (κ2) is 8.43. The van der Waals surface area contributed by atoms with E-state index >= 15 is 0 Å². The first-order valence-electron chi connectivity index (χ1n) is 9.20. The molecule has 0 bridgehead atoms. The van der Waals surface area contributed by atoms with Crippen molar-refractivity contribution in [1.29, 1.82) is 0 Å². The fourth-order valence-corrected chi connectivity index (χ4v) is 3.06. The minimum atomic E-state index is -0.0469. The highest BCUT2D eigenvalue weighted by atomic mass is 16.2. The van der Waals surface area contributed by atoms with Gasteiger partial charge in [0.25, 0.3) is 5.91 Å². The minimum absolute atomic E-state index is 0.0469. The van der Waals surface area contributed by atoms with E-state index in [2.05, 4.69) is 30.2 Å². The summed E-state index contributed by atoms with van der Waals surface area (Å²) in [6, 6.07) is 9.36. The van der Waals surface area contributed by atoms with E-state index in [0.29, 0.717) is 44.4 Å². The number of hydrogen-bond acceptors (Lipinski definition) is 7. The van der Waals surface area contributed by atoms with Crippen molar-refractivity contribution in [1.82, 2.24) is 24.8 Å². The van der Waals surface area contributed by atoms with Gasteiger partial charge in [0.2, 0.25) is 5.95 Å². The monoisotopic (exact) mass is 375 g/mol. The largest absolute Gasteiger partial charge is 0.380 e. The number of anilines is 2. The molecule has 0 aromatic carbocycles. The predicted octanol–water partition coefficient (Wildman–Crippen LogP) is 1.84. The summed E-state index contributed by atoms with van der Waals surface area (Å²) in [6.07, 6.45) is 8.69. The Bertz CT molecular complexity index is 895. The van der Waals surface area contributed by atoms with Gasteiger partial charge < -0.3 is 15.1 Å². The number of pyridine rings is 2. The Labute approximate surface area is 163 Å². The molecule has 1 fully saturated rings. The fourth-order valence-electron chi connectivity index (χ4n) is 3.06. The van der Waals surface area contributed by atoms with Crippen molar-refractivity contribution in [3.8, 4) is 0 Å². The first-order valence-corrected chi connectivity index (χ1v) is 9.20. The van der Waals surface area contributed by atoms with E-state index in [-0.39, 0.29) is 5.91 Å². The Hall–Kier alpha value is -3.55. The van der Waals surface area contributed by atoms with Gasteiger partial charge in [-0.15, -0.1) is 0 Å². The van der Waals surface area contributed by atoms with Gasteiger partial charge in [-0.25, -0.2) is 15.0 Å².